The van der Waals surface area contributed by atoms with Crippen LogP contribution in [0.4, 0.5) is 0 Å². The second-order valence-corrected chi connectivity index (χ2v) is 4.42. The molecule has 2 aliphatic heterocycles. The van der Waals surface area contributed by atoms with Crippen LogP contribution in [0.3, 0.4) is 0 Å². The van der Waals surface area contributed by atoms with Crippen molar-refractivity contribution in [3.63, 3.8) is 0 Å². The number of fused-ring (bicyclic) bond motifs is 1. The van der Waals surface area contributed by atoms with E-state index in [1.807, 2.05) is 0 Å². The molecule has 1 aromatic carbocycles. The monoisotopic (exact) mass is 205 g/mol. The third-order valence-electron chi connectivity index (χ3n) is 3.21. The zero-order valence-corrected chi connectivity index (χ0v) is 9.04. The van der Waals surface area contributed by atoms with Crippen molar-refractivity contribution >= 4 is 0 Å². The summed E-state index contributed by atoms with van der Waals surface area (Å²) in [6.45, 7) is 4.69. The zero-order valence-electron chi connectivity index (χ0n) is 9.04. The quantitative estimate of drug-likeness (QED) is 0.762. The molecule has 3 nitrogen and oxygen atoms in total. The molecule has 3 rings (SSSR count). The summed E-state index contributed by atoms with van der Waals surface area (Å²) in [6, 6.07) is 5.32. The normalized spacial score (nSPS) is 27.6. The van der Waals surface area contributed by atoms with E-state index >= 15 is 0 Å². The lowest BCUT2D eigenvalue weighted by atomic mass is 9.89. The molecule has 1 saturated heterocycles. The van der Waals surface area contributed by atoms with Gasteiger partial charge >= 0.3 is 0 Å². The Morgan fingerprint density at radius 1 is 1.27 bits per heavy atom. The van der Waals surface area contributed by atoms with Crippen molar-refractivity contribution < 1.29 is 9.47 Å². The third-order valence-corrected chi connectivity index (χ3v) is 3.21. The summed E-state index contributed by atoms with van der Waals surface area (Å²) in [5.41, 5.74) is 2.63. The van der Waals surface area contributed by atoms with E-state index in [2.05, 4.69) is 31.3 Å². The molecule has 0 aliphatic carbocycles. The van der Waals surface area contributed by atoms with E-state index in [9.17, 15) is 0 Å². The lowest BCUT2D eigenvalue weighted by Gasteiger charge is -2.36. The smallest absolute Gasteiger partial charge is 0.231 e. The number of ether oxygens (including phenoxy) is 2. The van der Waals surface area contributed by atoms with E-state index in [4.69, 9.17) is 9.47 Å². The van der Waals surface area contributed by atoms with Crippen LogP contribution in [0.5, 0.6) is 11.5 Å². The Morgan fingerprint density at radius 3 is 2.60 bits per heavy atom. The average molecular weight is 205 g/mol. The van der Waals surface area contributed by atoms with Crippen LogP contribution in [0.2, 0.25) is 0 Å². The minimum atomic E-state index is 0.354. The third kappa shape index (κ3) is 1.38. The topological polar surface area (TPSA) is 30.5 Å². The Kier molecular flexibility index (Phi) is 1.89. The molecule has 1 aromatic rings. The van der Waals surface area contributed by atoms with Crippen LogP contribution in [0.1, 0.15) is 30.5 Å². The molecule has 80 valence electrons. The molecule has 1 fully saturated rings. The van der Waals surface area contributed by atoms with Crippen molar-refractivity contribution in [1.82, 2.24) is 5.32 Å². The molecule has 15 heavy (non-hydrogen) atoms. The van der Waals surface area contributed by atoms with E-state index in [1.54, 1.807) is 0 Å². The van der Waals surface area contributed by atoms with Crippen molar-refractivity contribution in [3.05, 3.63) is 23.3 Å². The van der Waals surface area contributed by atoms with Gasteiger partial charge in [0.15, 0.2) is 11.5 Å². The molecule has 2 heterocycles. The van der Waals surface area contributed by atoms with E-state index < -0.39 is 0 Å². The summed E-state index contributed by atoms with van der Waals surface area (Å²) < 4.78 is 10.7. The van der Waals surface area contributed by atoms with Gasteiger partial charge < -0.3 is 14.8 Å². The van der Waals surface area contributed by atoms with E-state index in [-0.39, 0.29) is 0 Å². The summed E-state index contributed by atoms with van der Waals surface area (Å²) in [7, 11) is 0. The fraction of sp³-hybridized carbons (Fsp3) is 0.500. The molecule has 0 saturated carbocycles. The van der Waals surface area contributed by atoms with Gasteiger partial charge in [0.25, 0.3) is 0 Å². The van der Waals surface area contributed by atoms with Crippen LogP contribution in [0.15, 0.2) is 12.1 Å². The average Bonchev–Trinajstić information content (AvgIpc) is 2.59. The van der Waals surface area contributed by atoms with Gasteiger partial charge in [-0.15, -0.1) is 0 Å². The zero-order chi connectivity index (χ0) is 10.4. The highest BCUT2D eigenvalue weighted by molar-refractivity contribution is 5.49. The first-order valence-electron chi connectivity index (χ1n) is 5.40. The number of nitrogens with one attached hydrogen (secondary N) is 1. The van der Waals surface area contributed by atoms with Gasteiger partial charge in [-0.2, -0.15) is 0 Å². The standard InChI is InChI=1S/C12H15NO2/c1-7-3-11-12(15-6-14-11)5-9(7)10-4-8(2)13-10/h3,5,8,10,13H,4,6H2,1-2H3. The van der Waals surface area contributed by atoms with Gasteiger partial charge in [0, 0.05) is 12.1 Å². The van der Waals surface area contributed by atoms with Crippen LogP contribution in [-0.4, -0.2) is 12.8 Å². The van der Waals surface area contributed by atoms with Crippen LogP contribution >= 0.6 is 0 Å². The molecule has 2 atom stereocenters. The first kappa shape index (κ1) is 9.04. The van der Waals surface area contributed by atoms with E-state index in [0.29, 0.717) is 18.9 Å². The number of hydrogen-bond acceptors (Lipinski definition) is 3. The second kappa shape index (κ2) is 3.14. The van der Waals surface area contributed by atoms with Crippen molar-refractivity contribution in [1.29, 1.82) is 0 Å². The van der Waals surface area contributed by atoms with Crippen LogP contribution in [-0.2, 0) is 0 Å². The molecular formula is C12H15NO2. The fourth-order valence-electron chi connectivity index (χ4n) is 2.32. The Bertz CT molecular complexity index is 397. The highest BCUT2D eigenvalue weighted by Crippen LogP contribution is 2.39. The Hall–Kier alpha value is -1.22. The maximum atomic E-state index is 5.39. The second-order valence-electron chi connectivity index (χ2n) is 4.42. The number of hydrogen-bond donors (Lipinski definition) is 1. The Morgan fingerprint density at radius 2 is 1.93 bits per heavy atom. The highest BCUT2D eigenvalue weighted by Gasteiger charge is 2.28. The number of benzene rings is 1. The van der Waals surface area contributed by atoms with Gasteiger partial charge in [0.05, 0.1) is 0 Å². The predicted octanol–water partition coefficient (Wildman–Crippen LogP) is 2.15. The molecule has 0 amide bonds. The summed E-state index contributed by atoms with van der Waals surface area (Å²) in [6.07, 6.45) is 1.21. The number of aryl methyl sites for hydroxylation is 1. The predicted molar refractivity (Wildman–Crippen MR) is 57.3 cm³/mol. The molecule has 0 spiro atoms. The molecule has 2 aliphatic rings. The van der Waals surface area contributed by atoms with Crippen molar-refractivity contribution in [2.75, 3.05) is 6.79 Å². The molecule has 0 radical (unpaired) electrons. The van der Waals surface area contributed by atoms with Crippen LogP contribution < -0.4 is 14.8 Å². The van der Waals surface area contributed by atoms with Crippen molar-refractivity contribution in [2.24, 2.45) is 0 Å². The van der Waals surface area contributed by atoms with Gasteiger partial charge in [-0.05, 0) is 43.5 Å². The van der Waals surface area contributed by atoms with Gasteiger partial charge in [-0.25, -0.2) is 0 Å². The summed E-state index contributed by atoms with van der Waals surface area (Å²) in [5.74, 6) is 1.76. The first-order valence-corrected chi connectivity index (χ1v) is 5.40. The SMILES string of the molecule is Cc1cc2c(cc1C1CC(C)N1)OCO2. The van der Waals surface area contributed by atoms with Crippen LogP contribution in [0, 0.1) is 6.92 Å². The minimum absolute atomic E-state index is 0.354. The molecular weight excluding hydrogens is 190 g/mol. The molecule has 0 bridgehead atoms. The maximum Gasteiger partial charge on any atom is 0.231 e. The molecule has 1 N–H and O–H groups in total. The highest BCUT2D eigenvalue weighted by atomic mass is 16.7. The van der Waals surface area contributed by atoms with E-state index in [0.717, 1.165) is 11.5 Å². The van der Waals surface area contributed by atoms with Gasteiger partial charge in [0.2, 0.25) is 6.79 Å². The van der Waals surface area contributed by atoms with E-state index in [1.165, 1.54) is 17.5 Å². The maximum absolute atomic E-state index is 5.39. The lowest BCUT2D eigenvalue weighted by molar-refractivity contribution is 0.174. The van der Waals surface area contributed by atoms with Crippen molar-refractivity contribution in [3.8, 4) is 11.5 Å². The number of rotatable bonds is 1. The summed E-state index contributed by atoms with van der Waals surface area (Å²) >= 11 is 0. The van der Waals surface area contributed by atoms with Gasteiger partial charge in [0.1, 0.15) is 0 Å². The Labute approximate surface area is 89.4 Å². The summed E-state index contributed by atoms with van der Waals surface area (Å²) in [4.78, 5) is 0. The minimum Gasteiger partial charge on any atom is -0.454 e. The first-order chi connectivity index (χ1) is 7.24. The largest absolute Gasteiger partial charge is 0.454 e. The summed E-state index contributed by atoms with van der Waals surface area (Å²) in [5, 5.41) is 3.49. The van der Waals surface area contributed by atoms with Gasteiger partial charge in [-0.3, -0.25) is 0 Å². The van der Waals surface area contributed by atoms with Gasteiger partial charge in [-0.1, -0.05) is 0 Å². The molecule has 3 heteroatoms. The Balaban J connectivity index is 1.94. The molecule has 0 aromatic heterocycles. The molecule has 2 unspecified atom stereocenters. The lowest BCUT2D eigenvalue weighted by Crippen LogP contribution is -2.43. The van der Waals surface area contributed by atoms with Crippen molar-refractivity contribution in [2.45, 2.75) is 32.4 Å². The fourth-order valence-corrected chi connectivity index (χ4v) is 2.32. The van der Waals surface area contributed by atoms with Crippen LogP contribution in [0.25, 0.3) is 0 Å².